The van der Waals surface area contributed by atoms with Crippen molar-refractivity contribution in [1.82, 2.24) is 14.8 Å². The van der Waals surface area contributed by atoms with Crippen LogP contribution in [0, 0.1) is 19.8 Å². The molecule has 4 heterocycles. The minimum Gasteiger partial charge on any atom is -0.412 e. The number of aromatic amines is 1. The molecule has 2 aromatic carbocycles. The summed E-state index contributed by atoms with van der Waals surface area (Å²) in [5, 5.41) is 3.84. The first-order chi connectivity index (χ1) is 20.7. The summed E-state index contributed by atoms with van der Waals surface area (Å²) in [5.41, 5.74) is 5.42. The highest BCUT2D eigenvalue weighted by molar-refractivity contribution is 7.84. The van der Waals surface area contributed by atoms with Crippen LogP contribution in [0.15, 0.2) is 41.3 Å². The summed E-state index contributed by atoms with van der Waals surface area (Å²) in [5.74, 6) is 0.471. The van der Waals surface area contributed by atoms with Crippen LogP contribution in [0.1, 0.15) is 64.1 Å². The molecule has 0 saturated carbocycles. The summed E-state index contributed by atoms with van der Waals surface area (Å²) in [6, 6.07) is 10.5. The van der Waals surface area contributed by atoms with Crippen LogP contribution >= 0.6 is 23.2 Å². The number of carbonyl (C=O) groups is 2. The van der Waals surface area contributed by atoms with Crippen LogP contribution in [0.4, 0.5) is 5.69 Å². The van der Waals surface area contributed by atoms with Gasteiger partial charge in [-0.1, -0.05) is 29.3 Å². The van der Waals surface area contributed by atoms with Crippen LogP contribution in [0.2, 0.25) is 10.0 Å². The van der Waals surface area contributed by atoms with E-state index in [0.717, 1.165) is 49.4 Å². The lowest BCUT2D eigenvalue weighted by atomic mass is 9.96. The van der Waals surface area contributed by atoms with E-state index in [0.29, 0.717) is 48.8 Å². The number of aryl methyl sites for hydroxylation is 1. The molecule has 234 valence electrons. The third-order valence-corrected chi connectivity index (χ3v) is 10.9. The lowest BCUT2D eigenvalue weighted by Gasteiger charge is -2.35. The summed E-state index contributed by atoms with van der Waals surface area (Å²) in [4.78, 5) is 35.3. The maximum Gasteiger partial charge on any atom is 0.256 e. The second kappa shape index (κ2) is 13.6. The third kappa shape index (κ3) is 6.53. The van der Waals surface area contributed by atoms with Gasteiger partial charge in [-0.05, 0) is 101 Å². The van der Waals surface area contributed by atoms with Crippen LogP contribution in [0.5, 0.6) is 0 Å². The number of rotatable bonds is 7. The molecular formula is C33H38Cl2N4O4S. The molecule has 3 aromatic rings. The number of benzene rings is 2. The van der Waals surface area contributed by atoms with E-state index in [1.807, 2.05) is 18.7 Å². The smallest absolute Gasteiger partial charge is 0.256 e. The standard InChI is InChI=1S/C33H36Cl2N4O3S.H2O/c1-20-30(36-21(2)31(20)33(41)39-14-6-7-22(18-39)17-38-12-3-4-13-38)16-25-24-15-23(10-11-29(24)37-32(25)40)43(42)19-26-27(34)8-5-9-28(26)35;/h5,8-11,15-16,22,36H,3-4,6-7,12-14,17-19H2,1-2H3,(H,37,40);1H2/b25-16-;/t22-,43?;/m0./s1. The lowest BCUT2D eigenvalue weighted by molar-refractivity contribution is -0.110. The minimum atomic E-state index is -1.43. The number of aromatic nitrogens is 1. The normalized spacial score (nSPS) is 20.0. The molecule has 2 saturated heterocycles. The number of nitrogens with one attached hydrogen (secondary N) is 2. The molecule has 2 fully saturated rings. The van der Waals surface area contributed by atoms with Crippen molar-refractivity contribution in [3.05, 3.63) is 80.1 Å². The van der Waals surface area contributed by atoms with Gasteiger partial charge in [-0.15, -0.1) is 0 Å². The Morgan fingerprint density at radius 3 is 2.52 bits per heavy atom. The van der Waals surface area contributed by atoms with E-state index in [1.165, 1.54) is 25.9 Å². The number of carbonyl (C=O) groups excluding carboxylic acids is 2. The fourth-order valence-corrected chi connectivity index (χ4v) is 8.51. The van der Waals surface area contributed by atoms with Gasteiger partial charge in [0.05, 0.1) is 27.7 Å². The zero-order valence-corrected chi connectivity index (χ0v) is 27.3. The Hall–Kier alpha value is -2.95. The first-order valence-corrected chi connectivity index (χ1v) is 17.0. The van der Waals surface area contributed by atoms with E-state index < -0.39 is 10.8 Å². The zero-order valence-electron chi connectivity index (χ0n) is 25.0. The molecule has 3 aliphatic heterocycles. The van der Waals surface area contributed by atoms with Crippen LogP contribution in [-0.4, -0.2) is 69.0 Å². The SMILES string of the molecule is Cc1[nH]c(/C=C2\C(=O)Nc3ccc(S(=O)Cc4c(Cl)cccc4Cl)cc32)c(C)c1C(=O)N1CCC[C@@H](CN2CCCC2)C1.O. The van der Waals surface area contributed by atoms with Crippen LogP contribution in [0.3, 0.4) is 0 Å². The number of likely N-dealkylation sites (tertiary alicyclic amines) is 2. The molecule has 2 amide bonds. The van der Waals surface area contributed by atoms with Gasteiger partial charge in [0.1, 0.15) is 0 Å². The average molecular weight is 658 g/mol. The maximum absolute atomic E-state index is 13.8. The number of hydrogen-bond acceptors (Lipinski definition) is 4. The van der Waals surface area contributed by atoms with Crippen molar-refractivity contribution >= 4 is 63.2 Å². The van der Waals surface area contributed by atoms with E-state index in [4.69, 9.17) is 23.2 Å². The highest BCUT2D eigenvalue weighted by atomic mass is 35.5. The Kier molecular flexibility index (Phi) is 10.0. The van der Waals surface area contributed by atoms with Crippen molar-refractivity contribution in [3.8, 4) is 0 Å². The molecule has 44 heavy (non-hydrogen) atoms. The Bertz CT molecular complexity index is 1630. The van der Waals surface area contributed by atoms with E-state index in [9.17, 15) is 13.8 Å². The first-order valence-electron chi connectivity index (χ1n) is 14.9. The van der Waals surface area contributed by atoms with E-state index in [2.05, 4.69) is 15.2 Å². The summed E-state index contributed by atoms with van der Waals surface area (Å²) < 4.78 is 13.3. The number of anilines is 1. The topological polar surface area (TPSA) is 117 Å². The van der Waals surface area contributed by atoms with Crippen LogP contribution < -0.4 is 5.32 Å². The van der Waals surface area contributed by atoms with Gasteiger partial charge in [0.15, 0.2) is 0 Å². The van der Waals surface area contributed by atoms with Crippen molar-refractivity contribution in [3.63, 3.8) is 0 Å². The fourth-order valence-electron chi connectivity index (χ4n) is 6.61. The Balaban J connectivity index is 0.00000384. The molecular weight excluding hydrogens is 619 g/mol. The number of amides is 2. The van der Waals surface area contributed by atoms with Crippen molar-refractivity contribution in [2.24, 2.45) is 5.92 Å². The average Bonchev–Trinajstić information content (AvgIpc) is 3.68. The van der Waals surface area contributed by atoms with Crippen molar-refractivity contribution in [2.45, 2.75) is 50.2 Å². The summed E-state index contributed by atoms with van der Waals surface area (Å²) in [7, 11) is -1.43. The Labute approximate surface area is 270 Å². The van der Waals surface area contributed by atoms with E-state index in [-0.39, 0.29) is 23.0 Å². The number of hydrogen-bond donors (Lipinski definition) is 2. The summed E-state index contributed by atoms with van der Waals surface area (Å²) in [6.07, 6.45) is 6.52. The quantitative estimate of drug-likeness (QED) is 0.310. The summed E-state index contributed by atoms with van der Waals surface area (Å²) >= 11 is 12.6. The molecule has 0 radical (unpaired) electrons. The van der Waals surface area contributed by atoms with Gasteiger partial charge in [0, 0.05) is 62.8 Å². The molecule has 11 heteroatoms. The van der Waals surface area contributed by atoms with E-state index in [1.54, 1.807) is 42.5 Å². The number of nitrogens with zero attached hydrogens (tertiary/aromatic N) is 2. The second-order valence-electron chi connectivity index (χ2n) is 11.8. The number of halogens is 2. The largest absolute Gasteiger partial charge is 0.412 e. The molecule has 0 aliphatic carbocycles. The Morgan fingerprint density at radius 1 is 1.07 bits per heavy atom. The number of fused-ring (bicyclic) bond motifs is 1. The minimum absolute atomic E-state index is 0. The third-order valence-electron chi connectivity index (χ3n) is 8.87. The highest BCUT2D eigenvalue weighted by Gasteiger charge is 2.31. The van der Waals surface area contributed by atoms with Crippen molar-refractivity contribution in [1.29, 1.82) is 0 Å². The second-order valence-corrected chi connectivity index (χ2v) is 14.1. The molecule has 8 nitrogen and oxygen atoms in total. The molecule has 0 bridgehead atoms. The monoisotopic (exact) mass is 656 g/mol. The fraction of sp³-hybridized carbons (Fsp3) is 0.394. The highest BCUT2D eigenvalue weighted by Crippen LogP contribution is 2.36. The van der Waals surface area contributed by atoms with Gasteiger partial charge < -0.3 is 25.6 Å². The molecule has 3 aliphatic rings. The first kappa shape index (κ1) is 32.4. The number of H-pyrrole nitrogens is 1. The molecule has 2 atom stereocenters. The summed E-state index contributed by atoms with van der Waals surface area (Å²) in [6.45, 7) is 8.80. The molecule has 0 spiro atoms. The predicted molar refractivity (Wildman–Crippen MR) is 178 cm³/mol. The predicted octanol–water partition coefficient (Wildman–Crippen LogP) is 5.86. The molecule has 4 N–H and O–H groups in total. The van der Waals surface area contributed by atoms with Crippen LogP contribution in [0.25, 0.3) is 11.6 Å². The molecule has 1 aromatic heterocycles. The lowest BCUT2D eigenvalue weighted by Crippen LogP contribution is -2.43. The van der Waals surface area contributed by atoms with E-state index >= 15 is 0 Å². The van der Waals surface area contributed by atoms with Gasteiger partial charge in [-0.3, -0.25) is 13.8 Å². The van der Waals surface area contributed by atoms with Gasteiger partial charge in [0.2, 0.25) is 0 Å². The van der Waals surface area contributed by atoms with Crippen LogP contribution in [-0.2, 0) is 21.3 Å². The maximum atomic E-state index is 13.8. The molecule has 6 rings (SSSR count). The van der Waals surface area contributed by atoms with Gasteiger partial charge in [0.25, 0.3) is 11.8 Å². The van der Waals surface area contributed by atoms with Gasteiger partial charge >= 0.3 is 0 Å². The number of piperidine rings is 1. The van der Waals surface area contributed by atoms with Crippen molar-refractivity contribution in [2.75, 3.05) is 38.0 Å². The van der Waals surface area contributed by atoms with Gasteiger partial charge in [-0.25, -0.2) is 0 Å². The van der Waals surface area contributed by atoms with Gasteiger partial charge in [-0.2, -0.15) is 0 Å². The molecule has 1 unspecified atom stereocenters. The Morgan fingerprint density at radius 2 is 1.80 bits per heavy atom. The zero-order chi connectivity index (χ0) is 30.2. The van der Waals surface area contributed by atoms with Crippen molar-refractivity contribution < 1.29 is 19.3 Å².